The van der Waals surface area contributed by atoms with Crippen LogP contribution in [-0.2, 0) is 23.8 Å². The molecule has 3 N–H and O–H groups in total. The maximum Gasteiger partial charge on any atom is 0.320 e. The van der Waals surface area contributed by atoms with Gasteiger partial charge in [0.1, 0.15) is 18.5 Å². The van der Waals surface area contributed by atoms with E-state index in [1.807, 2.05) is 36.4 Å². The van der Waals surface area contributed by atoms with Gasteiger partial charge in [-0.25, -0.2) is 19.7 Å². The number of aliphatic carboxylic acids is 1. The molecule has 4 unspecified atom stereocenters. The molecular weight excluding hydrogens is 522 g/mol. The van der Waals surface area contributed by atoms with Gasteiger partial charge in [0.15, 0.2) is 35.6 Å². The van der Waals surface area contributed by atoms with Gasteiger partial charge in [0.05, 0.1) is 12.7 Å². The molecule has 14 nitrogen and oxygen atoms in total. The van der Waals surface area contributed by atoms with Gasteiger partial charge < -0.3 is 29.5 Å². The molecule has 2 fully saturated rings. The number of carbonyl (C=O) groups is 3. The molecule has 40 heavy (non-hydrogen) atoms. The monoisotopic (exact) mass is 551 g/mol. The Morgan fingerprint density at radius 2 is 1.88 bits per heavy atom. The van der Waals surface area contributed by atoms with Crippen molar-refractivity contribution in [1.29, 1.82) is 0 Å². The standard InChI is InChI=1S/C26H29N7O7/c1-3-27-26(37)31-22-18-23(29-13-28-22)33(14-30-18)25-21-19(20(40-25)24(36)32(2)12-11-16(34)35)38-17(39-21)10-9-15-7-5-4-6-8-15/h4-10,13-14,17,19-21,25H,3,11-12H2,1-2H3,(H,34,35)(H2,27,28,29,31,37)/t17-,19?,20?,21?,25?/m0/s1. The molecule has 2 aliphatic heterocycles. The van der Waals surface area contributed by atoms with Crippen LogP contribution < -0.4 is 10.6 Å². The largest absolute Gasteiger partial charge is 0.481 e. The van der Waals surface area contributed by atoms with E-state index in [1.54, 1.807) is 17.6 Å². The molecule has 5 atom stereocenters. The number of likely N-dealkylation sites (N-methyl/N-ethyl adjacent to an activating group) is 1. The minimum atomic E-state index is -1.07. The van der Waals surface area contributed by atoms with Crippen LogP contribution in [0.4, 0.5) is 10.6 Å². The number of urea groups is 1. The van der Waals surface area contributed by atoms with Gasteiger partial charge in [-0.3, -0.25) is 19.5 Å². The molecule has 0 spiro atoms. The number of amides is 3. The molecule has 4 heterocycles. The molecule has 2 aliphatic rings. The third-order valence-corrected chi connectivity index (χ3v) is 6.50. The van der Waals surface area contributed by atoms with E-state index in [2.05, 4.69) is 25.6 Å². The van der Waals surface area contributed by atoms with Gasteiger partial charge in [-0.2, -0.15) is 0 Å². The van der Waals surface area contributed by atoms with Gasteiger partial charge in [-0.05, 0) is 18.6 Å². The summed E-state index contributed by atoms with van der Waals surface area (Å²) in [4.78, 5) is 50.6. The highest BCUT2D eigenvalue weighted by Crippen LogP contribution is 2.41. The van der Waals surface area contributed by atoms with Crippen LogP contribution in [0, 0.1) is 0 Å². The normalized spacial score (nSPS) is 23.8. The first kappa shape index (κ1) is 27.2. The smallest absolute Gasteiger partial charge is 0.320 e. The number of rotatable bonds is 9. The number of fused-ring (bicyclic) bond motifs is 2. The molecule has 2 saturated heterocycles. The van der Waals surface area contributed by atoms with Crippen molar-refractivity contribution in [1.82, 2.24) is 29.7 Å². The van der Waals surface area contributed by atoms with Crippen LogP contribution in [0.25, 0.3) is 17.2 Å². The number of carbonyl (C=O) groups excluding carboxylic acids is 2. The highest BCUT2D eigenvalue weighted by Gasteiger charge is 2.56. The fourth-order valence-corrected chi connectivity index (χ4v) is 4.57. The molecule has 0 saturated carbocycles. The zero-order valence-electron chi connectivity index (χ0n) is 21.8. The molecule has 0 bridgehead atoms. The summed E-state index contributed by atoms with van der Waals surface area (Å²) in [5.74, 6) is -1.25. The van der Waals surface area contributed by atoms with E-state index in [9.17, 15) is 14.4 Å². The highest BCUT2D eigenvalue weighted by atomic mass is 16.8. The Morgan fingerprint density at radius 3 is 2.62 bits per heavy atom. The maximum atomic E-state index is 13.4. The van der Waals surface area contributed by atoms with Crippen molar-refractivity contribution in [3.63, 3.8) is 0 Å². The summed E-state index contributed by atoms with van der Waals surface area (Å²) < 4.78 is 20.1. The van der Waals surface area contributed by atoms with Crippen molar-refractivity contribution in [3.8, 4) is 0 Å². The SMILES string of the molecule is CCNC(=O)Nc1ncnc2c1ncn2C1OC(C(=O)N(C)CCC(=O)O)C2O[C@H](C=Cc3ccccc3)OC21. The summed E-state index contributed by atoms with van der Waals surface area (Å²) in [5, 5.41) is 14.3. The predicted octanol–water partition coefficient (Wildman–Crippen LogP) is 1.62. The quantitative estimate of drug-likeness (QED) is 0.355. The lowest BCUT2D eigenvalue weighted by atomic mass is 10.1. The summed E-state index contributed by atoms with van der Waals surface area (Å²) in [5.41, 5.74) is 1.62. The van der Waals surface area contributed by atoms with E-state index in [0.29, 0.717) is 17.7 Å². The molecule has 3 amide bonds. The topological polar surface area (TPSA) is 170 Å². The summed E-state index contributed by atoms with van der Waals surface area (Å²) in [7, 11) is 1.51. The average molecular weight is 552 g/mol. The van der Waals surface area contributed by atoms with Gasteiger partial charge in [0.2, 0.25) is 0 Å². The lowest BCUT2D eigenvalue weighted by molar-refractivity contribution is -0.160. The number of carboxylic acid groups (broad SMARTS) is 1. The minimum Gasteiger partial charge on any atom is -0.481 e. The Morgan fingerprint density at radius 1 is 1.10 bits per heavy atom. The zero-order chi connectivity index (χ0) is 28.2. The molecule has 1 aromatic carbocycles. The second-order valence-corrected chi connectivity index (χ2v) is 9.22. The van der Waals surface area contributed by atoms with Crippen molar-refractivity contribution in [2.24, 2.45) is 0 Å². The number of nitrogens with one attached hydrogen (secondary N) is 2. The van der Waals surface area contributed by atoms with E-state index in [-0.39, 0.29) is 18.8 Å². The summed E-state index contributed by atoms with van der Waals surface area (Å²) in [6.07, 6.45) is 1.95. The number of carboxylic acids is 1. The number of anilines is 1. The van der Waals surface area contributed by atoms with Gasteiger partial charge >= 0.3 is 12.0 Å². The fourth-order valence-electron chi connectivity index (χ4n) is 4.57. The number of imidazole rings is 1. The fraction of sp³-hybridized carbons (Fsp3) is 0.385. The minimum absolute atomic E-state index is 0.00433. The third-order valence-electron chi connectivity index (χ3n) is 6.50. The maximum absolute atomic E-state index is 13.4. The number of hydrogen-bond donors (Lipinski definition) is 3. The highest BCUT2D eigenvalue weighted by molar-refractivity contribution is 5.95. The second-order valence-electron chi connectivity index (χ2n) is 9.22. The summed E-state index contributed by atoms with van der Waals surface area (Å²) in [6, 6.07) is 9.18. The van der Waals surface area contributed by atoms with E-state index < -0.39 is 48.7 Å². The van der Waals surface area contributed by atoms with Crippen LogP contribution >= 0.6 is 0 Å². The van der Waals surface area contributed by atoms with Crippen molar-refractivity contribution in [2.45, 2.75) is 44.2 Å². The van der Waals surface area contributed by atoms with E-state index in [0.717, 1.165) is 5.56 Å². The van der Waals surface area contributed by atoms with Crippen LogP contribution in [0.15, 0.2) is 49.1 Å². The van der Waals surface area contributed by atoms with E-state index in [1.165, 1.54) is 24.6 Å². The number of nitrogens with zero attached hydrogens (tertiary/aromatic N) is 5. The van der Waals surface area contributed by atoms with Crippen molar-refractivity contribution < 1.29 is 33.7 Å². The molecule has 2 aromatic heterocycles. The summed E-state index contributed by atoms with van der Waals surface area (Å²) in [6.45, 7) is 2.23. The third kappa shape index (κ3) is 5.64. The van der Waals surface area contributed by atoms with E-state index in [4.69, 9.17) is 19.3 Å². The average Bonchev–Trinajstić information content (AvgIpc) is 3.65. The molecule has 0 aliphatic carbocycles. The molecule has 210 valence electrons. The Kier molecular flexibility index (Phi) is 8.00. The Bertz CT molecular complexity index is 1410. The van der Waals surface area contributed by atoms with Gasteiger partial charge in [-0.15, -0.1) is 0 Å². The van der Waals surface area contributed by atoms with Crippen molar-refractivity contribution >= 4 is 41.0 Å². The van der Waals surface area contributed by atoms with Gasteiger partial charge in [0.25, 0.3) is 5.91 Å². The predicted molar refractivity (Wildman–Crippen MR) is 141 cm³/mol. The first-order valence-electron chi connectivity index (χ1n) is 12.7. The number of benzene rings is 1. The van der Waals surface area contributed by atoms with Gasteiger partial charge in [0, 0.05) is 20.1 Å². The molecule has 5 rings (SSSR count). The van der Waals surface area contributed by atoms with Crippen LogP contribution in [0.1, 0.15) is 25.1 Å². The van der Waals surface area contributed by atoms with Gasteiger partial charge in [-0.1, -0.05) is 36.4 Å². The van der Waals surface area contributed by atoms with Crippen molar-refractivity contribution in [2.75, 3.05) is 25.5 Å². The Labute approximate surface area is 229 Å². The second kappa shape index (κ2) is 11.8. The van der Waals surface area contributed by atoms with Crippen molar-refractivity contribution in [3.05, 3.63) is 54.6 Å². The zero-order valence-corrected chi connectivity index (χ0v) is 21.8. The summed E-state index contributed by atoms with van der Waals surface area (Å²) >= 11 is 0. The Hall–Kier alpha value is -4.40. The molecule has 14 heteroatoms. The number of hydrogen-bond acceptors (Lipinski definition) is 9. The Balaban J connectivity index is 1.43. The first-order valence-corrected chi connectivity index (χ1v) is 12.7. The molecule has 0 radical (unpaired) electrons. The lowest BCUT2D eigenvalue weighted by Crippen LogP contribution is -2.43. The number of aromatic nitrogens is 4. The molecule has 3 aromatic rings. The lowest BCUT2D eigenvalue weighted by Gasteiger charge is -2.23. The number of ether oxygens (including phenoxy) is 3. The first-order chi connectivity index (χ1) is 19.4. The van der Waals surface area contributed by atoms with Crippen LogP contribution in [0.2, 0.25) is 0 Å². The van der Waals surface area contributed by atoms with Crippen LogP contribution in [-0.4, -0.2) is 92.2 Å². The van der Waals surface area contributed by atoms with Crippen LogP contribution in [0.3, 0.4) is 0 Å². The molecular formula is C26H29N7O7. The van der Waals surface area contributed by atoms with Crippen LogP contribution in [0.5, 0.6) is 0 Å². The van der Waals surface area contributed by atoms with E-state index >= 15 is 0 Å².